The molecule has 1 aromatic rings. The number of nitrogens with zero attached hydrogens (tertiary/aromatic N) is 1. The molecule has 5 heteroatoms. The highest BCUT2D eigenvalue weighted by Crippen LogP contribution is 2.13. The van der Waals surface area contributed by atoms with Crippen LogP contribution in [0.15, 0.2) is 18.5 Å². The number of rotatable bonds is 9. The van der Waals surface area contributed by atoms with Crippen LogP contribution >= 0.6 is 24.0 Å². The van der Waals surface area contributed by atoms with Crippen LogP contribution in [0.1, 0.15) is 31.2 Å². The molecule has 0 spiro atoms. The third kappa shape index (κ3) is 5.69. The van der Waals surface area contributed by atoms with Gasteiger partial charge in [-0.05, 0) is 30.9 Å². The molecule has 0 fully saturated rings. The summed E-state index contributed by atoms with van der Waals surface area (Å²) in [7, 11) is 0. The fourth-order valence-electron chi connectivity index (χ4n) is 1.70. The molecule has 100 valence electrons. The van der Waals surface area contributed by atoms with Crippen LogP contribution in [0.2, 0.25) is 0 Å². The molecule has 1 heterocycles. The van der Waals surface area contributed by atoms with Crippen LogP contribution in [0.3, 0.4) is 0 Å². The standard InChI is InChI=1S/C13H21N3S2/c1-18-9-5-3-2-4-7-16-12-10-15-8-6-11(12)13(14)17/h6,8,10,16H,2-5,7,9H2,1H3,(H2,14,17). The van der Waals surface area contributed by atoms with Crippen molar-refractivity contribution in [1.29, 1.82) is 0 Å². The highest BCUT2D eigenvalue weighted by Gasteiger charge is 2.03. The molecule has 0 saturated carbocycles. The van der Waals surface area contributed by atoms with Crippen LogP contribution in [0.4, 0.5) is 5.69 Å². The summed E-state index contributed by atoms with van der Waals surface area (Å²) in [6.07, 6.45) is 10.7. The molecule has 1 rings (SSSR count). The highest BCUT2D eigenvalue weighted by atomic mass is 32.2. The fourth-order valence-corrected chi connectivity index (χ4v) is 2.37. The zero-order chi connectivity index (χ0) is 13.2. The van der Waals surface area contributed by atoms with Gasteiger partial charge in [0.1, 0.15) is 4.99 Å². The van der Waals surface area contributed by atoms with E-state index in [1.165, 1.54) is 31.4 Å². The van der Waals surface area contributed by atoms with Gasteiger partial charge in [0.15, 0.2) is 0 Å². The summed E-state index contributed by atoms with van der Waals surface area (Å²) >= 11 is 6.92. The van der Waals surface area contributed by atoms with E-state index < -0.39 is 0 Å². The van der Waals surface area contributed by atoms with E-state index >= 15 is 0 Å². The Balaban J connectivity index is 2.25. The maximum absolute atomic E-state index is 5.66. The number of nitrogens with one attached hydrogen (secondary N) is 1. The molecule has 0 saturated heterocycles. The molecule has 18 heavy (non-hydrogen) atoms. The number of hydrogen-bond donors (Lipinski definition) is 2. The Labute approximate surface area is 119 Å². The van der Waals surface area contributed by atoms with Crippen LogP contribution < -0.4 is 11.1 Å². The lowest BCUT2D eigenvalue weighted by Crippen LogP contribution is -2.14. The van der Waals surface area contributed by atoms with E-state index in [4.69, 9.17) is 18.0 Å². The number of aromatic nitrogens is 1. The number of pyridine rings is 1. The third-order valence-corrected chi connectivity index (χ3v) is 3.59. The van der Waals surface area contributed by atoms with Crippen LogP contribution in [-0.2, 0) is 0 Å². The van der Waals surface area contributed by atoms with Gasteiger partial charge in [0.25, 0.3) is 0 Å². The van der Waals surface area contributed by atoms with Crippen molar-refractivity contribution in [3.05, 3.63) is 24.0 Å². The first-order valence-electron chi connectivity index (χ1n) is 6.22. The first-order chi connectivity index (χ1) is 8.75. The lowest BCUT2D eigenvalue weighted by atomic mass is 10.2. The molecule has 0 atom stereocenters. The maximum atomic E-state index is 5.66. The van der Waals surface area contributed by atoms with E-state index in [1.807, 2.05) is 17.8 Å². The maximum Gasteiger partial charge on any atom is 0.106 e. The smallest absolute Gasteiger partial charge is 0.106 e. The van der Waals surface area contributed by atoms with Gasteiger partial charge in [-0.25, -0.2) is 0 Å². The lowest BCUT2D eigenvalue weighted by molar-refractivity contribution is 0.689. The van der Waals surface area contributed by atoms with E-state index in [9.17, 15) is 0 Å². The van der Waals surface area contributed by atoms with Gasteiger partial charge in [-0.3, -0.25) is 4.98 Å². The number of unbranched alkanes of at least 4 members (excludes halogenated alkanes) is 3. The van der Waals surface area contributed by atoms with Crippen molar-refractivity contribution in [2.45, 2.75) is 25.7 Å². The second-order valence-electron chi connectivity index (χ2n) is 4.12. The minimum Gasteiger partial charge on any atom is -0.389 e. The molecule has 1 aromatic heterocycles. The van der Waals surface area contributed by atoms with E-state index in [2.05, 4.69) is 16.6 Å². The molecule has 0 aromatic carbocycles. The van der Waals surface area contributed by atoms with E-state index in [1.54, 1.807) is 12.4 Å². The van der Waals surface area contributed by atoms with Gasteiger partial charge in [0, 0.05) is 18.3 Å². The Morgan fingerprint density at radius 2 is 2.17 bits per heavy atom. The summed E-state index contributed by atoms with van der Waals surface area (Å²) in [6, 6.07) is 1.85. The second-order valence-corrected chi connectivity index (χ2v) is 5.54. The summed E-state index contributed by atoms with van der Waals surface area (Å²) < 4.78 is 0. The van der Waals surface area contributed by atoms with Gasteiger partial charge in [-0.2, -0.15) is 11.8 Å². The minimum atomic E-state index is 0.417. The average molecular weight is 283 g/mol. The molecule has 0 amide bonds. The highest BCUT2D eigenvalue weighted by molar-refractivity contribution is 7.98. The molecule has 0 unspecified atom stereocenters. The zero-order valence-corrected chi connectivity index (χ0v) is 12.4. The topological polar surface area (TPSA) is 50.9 Å². The van der Waals surface area contributed by atoms with Gasteiger partial charge in [-0.1, -0.05) is 25.1 Å². The monoisotopic (exact) mass is 283 g/mol. The largest absolute Gasteiger partial charge is 0.389 e. The number of thioether (sulfide) groups is 1. The van der Waals surface area contributed by atoms with Crippen molar-refractivity contribution < 1.29 is 0 Å². The summed E-state index contributed by atoms with van der Waals surface area (Å²) in [5, 5.41) is 3.35. The average Bonchev–Trinajstić information content (AvgIpc) is 2.38. The van der Waals surface area contributed by atoms with Gasteiger partial charge in [-0.15, -0.1) is 0 Å². The summed E-state index contributed by atoms with van der Waals surface area (Å²) in [4.78, 5) is 4.50. The SMILES string of the molecule is CSCCCCCCNc1cnccc1C(N)=S. The van der Waals surface area contributed by atoms with Crippen molar-refractivity contribution >= 4 is 34.7 Å². The Hall–Kier alpha value is -0.810. The van der Waals surface area contributed by atoms with Crippen molar-refractivity contribution in [2.24, 2.45) is 5.73 Å². The number of anilines is 1. The predicted molar refractivity (Wildman–Crippen MR) is 85.5 cm³/mol. The van der Waals surface area contributed by atoms with Crippen LogP contribution in [0, 0.1) is 0 Å². The summed E-state index contributed by atoms with van der Waals surface area (Å²) in [6.45, 7) is 0.945. The Kier molecular flexibility index (Phi) is 7.76. The first kappa shape index (κ1) is 15.2. The molecular formula is C13H21N3S2. The van der Waals surface area contributed by atoms with Crippen LogP contribution in [0.5, 0.6) is 0 Å². The number of nitrogens with two attached hydrogens (primary N) is 1. The van der Waals surface area contributed by atoms with Crippen LogP contribution in [0.25, 0.3) is 0 Å². The van der Waals surface area contributed by atoms with E-state index in [0.717, 1.165) is 17.8 Å². The molecule has 3 N–H and O–H groups in total. The summed E-state index contributed by atoms with van der Waals surface area (Å²) in [5.41, 5.74) is 7.48. The van der Waals surface area contributed by atoms with Gasteiger partial charge in [0.2, 0.25) is 0 Å². The van der Waals surface area contributed by atoms with Crippen LogP contribution in [-0.4, -0.2) is 28.5 Å². The molecule has 0 aliphatic carbocycles. The molecule has 0 radical (unpaired) electrons. The first-order valence-corrected chi connectivity index (χ1v) is 8.02. The molecule has 0 bridgehead atoms. The Morgan fingerprint density at radius 3 is 2.89 bits per heavy atom. The normalized spacial score (nSPS) is 10.3. The molecule has 0 aliphatic heterocycles. The molecular weight excluding hydrogens is 262 g/mol. The Bertz CT molecular complexity index is 369. The van der Waals surface area contributed by atoms with Gasteiger partial charge < -0.3 is 11.1 Å². The molecule has 0 aliphatic rings. The van der Waals surface area contributed by atoms with E-state index in [0.29, 0.717) is 4.99 Å². The Morgan fingerprint density at radius 1 is 1.39 bits per heavy atom. The zero-order valence-electron chi connectivity index (χ0n) is 10.8. The molecule has 3 nitrogen and oxygen atoms in total. The summed E-state index contributed by atoms with van der Waals surface area (Å²) in [5.74, 6) is 1.27. The lowest BCUT2D eigenvalue weighted by Gasteiger charge is -2.10. The quantitative estimate of drug-likeness (QED) is 0.539. The third-order valence-electron chi connectivity index (χ3n) is 2.68. The van der Waals surface area contributed by atoms with Crippen molar-refractivity contribution in [3.63, 3.8) is 0 Å². The number of hydrogen-bond acceptors (Lipinski definition) is 4. The van der Waals surface area contributed by atoms with Gasteiger partial charge in [0.05, 0.1) is 11.9 Å². The van der Waals surface area contributed by atoms with Gasteiger partial charge >= 0.3 is 0 Å². The number of thiocarbonyl (C=S) groups is 1. The van der Waals surface area contributed by atoms with Crippen molar-refractivity contribution in [1.82, 2.24) is 4.98 Å². The van der Waals surface area contributed by atoms with E-state index in [-0.39, 0.29) is 0 Å². The fraction of sp³-hybridized carbons (Fsp3) is 0.538. The van der Waals surface area contributed by atoms with Crippen molar-refractivity contribution in [2.75, 3.05) is 23.9 Å². The predicted octanol–water partition coefficient (Wildman–Crippen LogP) is 3.05. The van der Waals surface area contributed by atoms with Crippen molar-refractivity contribution in [3.8, 4) is 0 Å². The second kappa shape index (κ2) is 9.16. The minimum absolute atomic E-state index is 0.417.